The van der Waals surface area contributed by atoms with Crippen LogP contribution < -0.4 is 4.90 Å². The van der Waals surface area contributed by atoms with Crippen molar-refractivity contribution in [2.45, 2.75) is 24.7 Å². The van der Waals surface area contributed by atoms with Crippen LogP contribution in [0.5, 0.6) is 0 Å². The molecule has 312 valence electrons. The number of benzene rings is 10. The van der Waals surface area contributed by atoms with Gasteiger partial charge in [-0.1, -0.05) is 196 Å². The van der Waals surface area contributed by atoms with Gasteiger partial charge in [-0.25, -0.2) is 0 Å². The maximum Gasteiger partial charge on any atom is 0.0713 e. The summed E-state index contributed by atoms with van der Waals surface area (Å²) in [5, 5.41) is 2.65. The largest absolute Gasteiger partial charge is 0.310 e. The molecule has 0 N–H and O–H groups in total. The first-order valence-corrected chi connectivity index (χ1v) is 23.8. The molecule has 0 saturated carbocycles. The molecule has 0 spiro atoms. The molecule has 2 heteroatoms. The summed E-state index contributed by atoms with van der Waals surface area (Å²) in [7, 11) is 0. The van der Waals surface area contributed by atoms with E-state index < -0.39 is 5.41 Å². The van der Waals surface area contributed by atoms with E-state index >= 15 is 0 Å². The molecule has 2 aliphatic rings. The van der Waals surface area contributed by atoms with Crippen molar-refractivity contribution >= 4 is 48.6 Å². The topological polar surface area (TPSA) is 3.24 Å². The summed E-state index contributed by atoms with van der Waals surface area (Å²) in [6.45, 7) is 4.73. The lowest BCUT2D eigenvalue weighted by Crippen LogP contribution is -2.28. The zero-order valence-electron chi connectivity index (χ0n) is 36.9. The highest BCUT2D eigenvalue weighted by Crippen LogP contribution is 2.57. The third-order valence-corrected chi connectivity index (χ3v) is 15.7. The van der Waals surface area contributed by atoms with Gasteiger partial charge in [-0.05, 0) is 132 Å². The quantitative estimate of drug-likeness (QED) is 0.154. The molecule has 0 radical (unpaired) electrons. The molecule has 0 fully saturated rings. The van der Waals surface area contributed by atoms with Gasteiger partial charge in [0.05, 0.1) is 5.41 Å². The van der Waals surface area contributed by atoms with Crippen LogP contribution in [0.25, 0.3) is 64.7 Å². The SMILES string of the molecule is CC1(C)c2ccccc2-c2ccc(N(c3ccc(-c4ccc5c(c4)-c4ccccc4C5(c4ccccc4)c4ccccc4)cc3)c3ccc(-c4ccc5c(c4)sc4ccccc45)cc3)cc21. The Morgan fingerprint density at radius 3 is 1.48 bits per heavy atom. The molecule has 0 saturated heterocycles. The van der Waals surface area contributed by atoms with E-state index in [2.05, 4.69) is 255 Å². The van der Waals surface area contributed by atoms with E-state index in [4.69, 9.17) is 0 Å². The summed E-state index contributed by atoms with van der Waals surface area (Å²) in [5.74, 6) is 0. The zero-order valence-corrected chi connectivity index (χ0v) is 37.7. The van der Waals surface area contributed by atoms with Crippen LogP contribution in [0.2, 0.25) is 0 Å². The third kappa shape index (κ3) is 5.78. The van der Waals surface area contributed by atoms with Crippen LogP contribution in [0, 0.1) is 0 Å². The maximum absolute atomic E-state index is 2.43. The fourth-order valence-electron chi connectivity index (χ4n) is 11.4. The molecule has 0 amide bonds. The predicted molar refractivity (Wildman–Crippen MR) is 280 cm³/mol. The van der Waals surface area contributed by atoms with E-state index in [1.165, 1.54) is 98.1 Å². The minimum Gasteiger partial charge on any atom is -0.310 e. The highest BCUT2D eigenvalue weighted by atomic mass is 32.1. The first-order valence-electron chi connectivity index (χ1n) is 23.0. The van der Waals surface area contributed by atoms with Crippen molar-refractivity contribution in [1.29, 1.82) is 0 Å². The van der Waals surface area contributed by atoms with Crippen LogP contribution in [0.4, 0.5) is 17.1 Å². The Morgan fingerprint density at radius 2 is 0.803 bits per heavy atom. The van der Waals surface area contributed by atoms with Gasteiger partial charge < -0.3 is 4.90 Å². The Hall–Kier alpha value is -7.78. The van der Waals surface area contributed by atoms with Gasteiger partial charge in [-0.15, -0.1) is 11.3 Å². The van der Waals surface area contributed by atoms with Crippen molar-refractivity contribution in [1.82, 2.24) is 0 Å². The highest BCUT2D eigenvalue weighted by Gasteiger charge is 2.46. The van der Waals surface area contributed by atoms with Crippen molar-refractivity contribution in [2.24, 2.45) is 0 Å². The summed E-state index contributed by atoms with van der Waals surface area (Å²) >= 11 is 1.87. The second-order valence-electron chi connectivity index (χ2n) is 18.4. The molecule has 13 rings (SSSR count). The van der Waals surface area contributed by atoms with Crippen molar-refractivity contribution in [3.8, 4) is 44.5 Å². The molecule has 1 aromatic heterocycles. The van der Waals surface area contributed by atoms with Gasteiger partial charge in [0.25, 0.3) is 0 Å². The molecule has 66 heavy (non-hydrogen) atoms. The number of hydrogen-bond donors (Lipinski definition) is 0. The average molecular weight is 860 g/mol. The van der Waals surface area contributed by atoms with Gasteiger partial charge in [0, 0.05) is 42.6 Å². The van der Waals surface area contributed by atoms with Crippen molar-refractivity contribution in [3.05, 3.63) is 270 Å². The van der Waals surface area contributed by atoms with Crippen molar-refractivity contribution in [3.63, 3.8) is 0 Å². The number of rotatable bonds is 7. The number of thiophene rings is 1. The fraction of sp³-hybridized carbons (Fsp3) is 0.0625. The Balaban J connectivity index is 0.907. The molecule has 2 aliphatic carbocycles. The molecule has 0 bridgehead atoms. The van der Waals surface area contributed by atoms with Crippen molar-refractivity contribution in [2.75, 3.05) is 4.90 Å². The van der Waals surface area contributed by atoms with Crippen LogP contribution >= 0.6 is 11.3 Å². The molecule has 0 unspecified atom stereocenters. The Bertz CT molecular complexity index is 3620. The number of hydrogen-bond acceptors (Lipinski definition) is 2. The lowest BCUT2D eigenvalue weighted by Gasteiger charge is -2.33. The van der Waals surface area contributed by atoms with Crippen LogP contribution in [0.1, 0.15) is 47.2 Å². The van der Waals surface area contributed by atoms with E-state index in [-0.39, 0.29) is 5.41 Å². The summed E-state index contributed by atoms with van der Waals surface area (Å²) < 4.78 is 2.65. The second kappa shape index (κ2) is 14.9. The lowest BCUT2D eigenvalue weighted by atomic mass is 9.67. The predicted octanol–water partition coefficient (Wildman–Crippen LogP) is 17.5. The van der Waals surface area contributed by atoms with Crippen LogP contribution in [-0.4, -0.2) is 0 Å². The summed E-state index contributed by atoms with van der Waals surface area (Å²) in [6, 6.07) is 88.1. The van der Waals surface area contributed by atoms with E-state index in [9.17, 15) is 0 Å². The van der Waals surface area contributed by atoms with Crippen LogP contribution in [-0.2, 0) is 10.8 Å². The van der Waals surface area contributed by atoms with Crippen molar-refractivity contribution < 1.29 is 0 Å². The Labute approximate surface area is 390 Å². The molecule has 0 aliphatic heterocycles. The molecule has 11 aromatic rings. The van der Waals surface area contributed by atoms with E-state index in [1.54, 1.807) is 0 Å². The fourth-order valence-corrected chi connectivity index (χ4v) is 12.6. The van der Waals surface area contributed by atoms with E-state index in [0.29, 0.717) is 0 Å². The molecule has 10 aromatic carbocycles. The minimum absolute atomic E-state index is 0.114. The summed E-state index contributed by atoms with van der Waals surface area (Å²) in [5.41, 5.74) is 20.9. The van der Waals surface area contributed by atoms with E-state index in [1.807, 2.05) is 11.3 Å². The normalized spacial score (nSPS) is 13.8. The van der Waals surface area contributed by atoms with Gasteiger partial charge in [0.1, 0.15) is 0 Å². The first kappa shape index (κ1) is 38.7. The first-order chi connectivity index (χ1) is 32.5. The number of fused-ring (bicyclic) bond motifs is 9. The smallest absolute Gasteiger partial charge is 0.0713 e. The molecular formula is C64H45NS. The number of nitrogens with zero attached hydrogens (tertiary/aromatic N) is 1. The molecule has 1 nitrogen and oxygen atoms in total. The minimum atomic E-state index is -0.413. The van der Waals surface area contributed by atoms with E-state index in [0.717, 1.165) is 17.1 Å². The van der Waals surface area contributed by atoms with Gasteiger partial charge in [-0.3, -0.25) is 0 Å². The zero-order chi connectivity index (χ0) is 44.0. The highest BCUT2D eigenvalue weighted by molar-refractivity contribution is 7.25. The molecule has 1 heterocycles. The van der Waals surface area contributed by atoms with Gasteiger partial charge >= 0.3 is 0 Å². The number of anilines is 3. The van der Waals surface area contributed by atoms with Gasteiger partial charge in [-0.2, -0.15) is 0 Å². The van der Waals surface area contributed by atoms with Gasteiger partial charge in [0.15, 0.2) is 0 Å². The van der Waals surface area contributed by atoms with Crippen LogP contribution in [0.15, 0.2) is 237 Å². The van der Waals surface area contributed by atoms with Gasteiger partial charge in [0.2, 0.25) is 0 Å². The van der Waals surface area contributed by atoms with Crippen LogP contribution in [0.3, 0.4) is 0 Å². The molecule has 0 atom stereocenters. The Morgan fingerprint density at radius 1 is 0.318 bits per heavy atom. The third-order valence-electron chi connectivity index (χ3n) is 14.6. The molecular weight excluding hydrogens is 815 g/mol. The monoisotopic (exact) mass is 859 g/mol. The lowest BCUT2D eigenvalue weighted by molar-refractivity contribution is 0.660. The standard InChI is InChI=1S/C64H45NS/c1-63(2)57-22-12-9-19-51(57)53-37-35-50(41-60(53)63)65(49-33-27-43(28-34-49)45-29-36-55-54-21-11-14-24-61(54)66-62(55)40-45)48-31-25-42(26-32-48)44-30-38-59-56(39-44)52-20-10-13-23-58(52)64(59,46-15-5-3-6-16-46)47-17-7-4-8-18-47/h3-41H,1-2H3. The average Bonchev–Trinajstić information content (AvgIpc) is 3.98. The maximum atomic E-state index is 2.43. The Kier molecular flexibility index (Phi) is 8.72. The summed E-state index contributed by atoms with van der Waals surface area (Å²) in [6.07, 6.45) is 0. The summed E-state index contributed by atoms with van der Waals surface area (Å²) in [4.78, 5) is 2.43. The second-order valence-corrected chi connectivity index (χ2v) is 19.5.